The summed E-state index contributed by atoms with van der Waals surface area (Å²) in [5.74, 6) is -0.862. The average Bonchev–Trinajstić information content (AvgIpc) is 2.92. The van der Waals surface area contributed by atoms with Gasteiger partial charge in [0.1, 0.15) is 4.90 Å². The molecule has 13 heteroatoms. The van der Waals surface area contributed by atoms with Crippen LogP contribution in [-0.4, -0.2) is 104 Å². The minimum absolute atomic E-state index is 0.0637. The highest BCUT2D eigenvalue weighted by Crippen LogP contribution is 2.28. The maximum Gasteiger partial charge on any atom is 0.263 e. The van der Waals surface area contributed by atoms with Gasteiger partial charge < -0.3 is 19.6 Å². The zero-order valence-electron chi connectivity index (χ0n) is 21.7. The number of halogens is 1. The fourth-order valence-electron chi connectivity index (χ4n) is 4.60. The summed E-state index contributed by atoms with van der Waals surface area (Å²) >= 11 is 6.26. The third-order valence-electron chi connectivity index (χ3n) is 6.89. The summed E-state index contributed by atoms with van der Waals surface area (Å²) in [7, 11) is -4.29. The lowest BCUT2D eigenvalue weighted by Crippen LogP contribution is -2.50. The molecular formula is C26H30ClN5O6S. The molecule has 2 aromatic carbocycles. The minimum atomic E-state index is -4.29. The Morgan fingerprint density at radius 2 is 1.21 bits per heavy atom. The summed E-state index contributed by atoms with van der Waals surface area (Å²) in [5.41, 5.74) is 0.373. The Morgan fingerprint density at radius 1 is 0.718 bits per heavy atom. The molecule has 0 aliphatic carbocycles. The molecule has 0 unspecified atom stereocenters. The zero-order valence-corrected chi connectivity index (χ0v) is 23.3. The molecule has 0 aromatic heterocycles. The zero-order chi connectivity index (χ0) is 28.3. The van der Waals surface area contributed by atoms with Gasteiger partial charge in [-0.3, -0.25) is 23.9 Å². The summed E-state index contributed by atoms with van der Waals surface area (Å²) in [6.07, 6.45) is 0. The molecule has 39 heavy (non-hydrogen) atoms. The van der Waals surface area contributed by atoms with Gasteiger partial charge in [0.2, 0.25) is 11.8 Å². The molecule has 0 spiro atoms. The summed E-state index contributed by atoms with van der Waals surface area (Å²) < 4.78 is 29.3. The van der Waals surface area contributed by atoms with Gasteiger partial charge >= 0.3 is 0 Å². The second-order valence-corrected chi connectivity index (χ2v) is 11.5. The summed E-state index contributed by atoms with van der Waals surface area (Å²) in [6, 6.07) is 10.3. The van der Waals surface area contributed by atoms with Crippen LogP contribution >= 0.6 is 11.6 Å². The fourth-order valence-corrected chi connectivity index (χ4v) is 6.21. The van der Waals surface area contributed by atoms with Crippen molar-refractivity contribution in [2.45, 2.75) is 18.7 Å². The SMILES string of the molecule is CC(=O)N1CCN(C(=O)c2ccc(Cl)c(S(=O)(=O)Nc3ccccc3C(=O)N3CCN(C(C)=O)CC3)c2)CC1. The lowest BCUT2D eigenvalue weighted by Gasteiger charge is -2.34. The first-order chi connectivity index (χ1) is 18.5. The maximum absolute atomic E-state index is 13.4. The third-order valence-corrected chi connectivity index (χ3v) is 8.74. The van der Waals surface area contributed by atoms with E-state index < -0.39 is 10.0 Å². The Kier molecular flexibility index (Phi) is 8.45. The minimum Gasteiger partial charge on any atom is -0.339 e. The van der Waals surface area contributed by atoms with E-state index in [1.807, 2.05) is 0 Å². The Morgan fingerprint density at radius 3 is 1.74 bits per heavy atom. The second-order valence-electron chi connectivity index (χ2n) is 9.39. The van der Waals surface area contributed by atoms with E-state index in [4.69, 9.17) is 11.6 Å². The van der Waals surface area contributed by atoms with Crippen molar-refractivity contribution in [1.29, 1.82) is 0 Å². The van der Waals surface area contributed by atoms with E-state index in [2.05, 4.69) is 4.72 Å². The summed E-state index contributed by atoms with van der Waals surface area (Å²) in [4.78, 5) is 55.7. The van der Waals surface area contributed by atoms with E-state index in [0.717, 1.165) is 0 Å². The number of amides is 4. The highest BCUT2D eigenvalue weighted by Gasteiger charge is 2.28. The number of piperazine rings is 2. The van der Waals surface area contributed by atoms with Crippen LogP contribution in [0.4, 0.5) is 5.69 Å². The van der Waals surface area contributed by atoms with Crippen molar-refractivity contribution in [2.75, 3.05) is 57.1 Å². The number of para-hydroxylation sites is 1. The van der Waals surface area contributed by atoms with Crippen LogP contribution in [-0.2, 0) is 19.6 Å². The van der Waals surface area contributed by atoms with Gasteiger partial charge in [-0.2, -0.15) is 0 Å². The van der Waals surface area contributed by atoms with Crippen LogP contribution in [0.15, 0.2) is 47.4 Å². The van der Waals surface area contributed by atoms with E-state index >= 15 is 0 Å². The van der Waals surface area contributed by atoms with E-state index in [1.54, 1.807) is 31.7 Å². The van der Waals surface area contributed by atoms with E-state index in [-0.39, 0.29) is 50.4 Å². The maximum atomic E-state index is 13.4. The lowest BCUT2D eigenvalue weighted by atomic mass is 10.1. The molecule has 4 amide bonds. The molecular weight excluding hydrogens is 546 g/mol. The molecule has 1 N–H and O–H groups in total. The summed E-state index contributed by atoms with van der Waals surface area (Å²) in [5, 5.41) is -0.0791. The van der Waals surface area contributed by atoms with Crippen molar-refractivity contribution < 1.29 is 27.6 Å². The molecule has 2 aromatic rings. The van der Waals surface area contributed by atoms with Crippen LogP contribution < -0.4 is 4.72 Å². The molecule has 0 bridgehead atoms. The Bertz CT molecular complexity index is 1400. The number of carbonyl (C=O) groups excluding carboxylic acids is 4. The van der Waals surface area contributed by atoms with Crippen LogP contribution in [0.3, 0.4) is 0 Å². The molecule has 2 saturated heterocycles. The van der Waals surface area contributed by atoms with Gasteiger partial charge in [0.25, 0.3) is 21.8 Å². The first-order valence-corrected chi connectivity index (χ1v) is 14.3. The number of carbonyl (C=O) groups is 4. The van der Waals surface area contributed by atoms with Crippen LogP contribution in [0.5, 0.6) is 0 Å². The lowest BCUT2D eigenvalue weighted by molar-refractivity contribution is -0.131. The third kappa shape index (κ3) is 6.34. The number of benzene rings is 2. The highest BCUT2D eigenvalue weighted by atomic mass is 35.5. The Hall–Kier alpha value is -3.64. The first kappa shape index (κ1) is 28.4. The molecule has 0 radical (unpaired) electrons. The molecule has 0 atom stereocenters. The van der Waals surface area contributed by atoms with Crippen LogP contribution in [0, 0.1) is 0 Å². The molecule has 11 nitrogen and oxygen atoms in total. The van der Waals surface area contributed by atoms with Gasteiger partial charge in [0.15, 0.2) is 0 Å². The smallest absolute Gasteiger partial charge is 0.263 e. The standard InChI is InChI=1S/C26H30ClN5O6S/c1-18(33)29-9-13-31(14-10-29)25(35)20-7-8-22(27)24(17-20)39(37,38)28-23-6-4-3-5-21(23)26(36)32-15-11-30(12-16-32)19(2)34/h3-8,17,28H,9-16H2,1-2H3. The van der Waals surface area contributed by atoms with Crippen molar-refractivity contribution in [3.8, 4) is 0 Å². The topological polar surface area (TPSA) is 127 Å². The van der Waals surface area contributed by atoms with Crippen molar-refractivity contribution in [1.82, 2.24) is 19.6 Å². The second kappa shape index (κ2) is 11.6. The number of hydrogen-bond acceptors (Lipinski definition) is 6. The molecule has 2 aliphatic heterocycles. The average molecular weight is 576 g/mol. The molecule has 208 valence electrons. The Balaban J connectivity index is 1.53. The molecule has 0 saturated carbocycles. The predicted octanol–water partition coefficient (Wildman–Crippen LogP) is 1.75. The number of nitrogens with one attached hydrogen (secondary N) is 1. The highest BCUT2D eigenvalue weighted by molar-refractivity contribution is 7.92. The first-order valence-electron chi connectivity index (χ1n) is 12.5. The van der Waals surface area contributed by atoms with E-state index in [1.165, 1.54) is 44.2 Å². The number of nitrogens with zero attached hydrogens (tertiary/aromatic N) is 4. The fraction of sp³-hybridized carbons (Fsp3) is 0.385. The van der Waals surface area contributed by atoms with Gasteiger partial charge in [-0.25, -0.2) is 8.42 Å². The normalized spacial score (nSPS) is 16.2. The molecule has 4 rings (SSSR count). The van der Waals surface area contributed by atoms with Crippen molar-refractivity contribution in [3.63, 3.8) is 0 Å². The predicted molar refractivity (Wildman–Crippen MR) is 145 cm³/mol. The van der Waals surface area contributed by atoms with Gasteiger partial charge in [0, 0.05) is 71.8 Å². The number of sulfonamides is 1. The van der Waals surface area contributed by atoms with Crippen molar-refractivity contribution in [2.24, 2.45) is 0 Å². The number of rotatable bonds is 5. The molecule has 2 heterocycles. The molecule has 2 aliphatic rings. The van der Waals surface area contributed by atoms with Gasteiger partial charge in [-0.15, -0.1) is 0 Å². The Labute approximate surface area is 232 Å². The monoisotopic (exact) mass is 575 g/mol. The quantitative estimate of drug-likeness (QED) is 0.579. The van der Waals surface area contributed by atoms with Gasteiger partial charge in [-0.05, 0) is 30.3 Å². The largest absolute Gasteiger partial charge is 0.339 e. The van der Waals surface area contributed by atoms with Crippen LogP contribution in [0.25, 0.3) is 0 Å². The molecule has 2 fully saturated rings. The van der Waals surface area contributed by atoms with Crippen molar-refractivity contribution in [3.05, 3.63) is 58.6 Å². The van der Waals surface area contributed by atoms with E-state index in [9.17, 15) is 27.6 Å². The summed E-state index contributed by atoms with van der Waals surface area (Å²) in [6.45, 7) is 5.86. The van der Waals surface area contributed by atoms with Crippen LogP contribution in [0.2, 0.25) is 5.02 Å². The van der Waals surface area contributed by atoms with Gasteiger partial charge in [-0.1, -0.05) is 23.7 Å². The van der Waals surface area contributed by atoms with Crippen molar-refractivity contribution >= 4 is 50.9 Å². The number of anilines is 1. The van der Waals surface area contributed by atoms with E-state index in [0.29, 0.717) is 52.4 Å². The number of hydrogen-bond donors (Lipinski definition) is 1. The van der Waals surface area contributed by atoms with Gasteiger partial charge in [0.05, 0.1) is 16.3 Å². The van der Waals surface area contributed by atoms with Crippen LogP contribution in [0.1, 0.15) is 34.6 Å².